The molecule has 0 spiro atoms. The fraction of sp³-hybridized carbons (Fsp3) is 0.500. The quantitative estimate of drug-likeness (QED) is 0.586. The van der Waals surface area contributed by atoms with E-state index in [4.69, 9.17) is 0 Å². The van der Waals surface area contributed by atoms with E-state index in [1.165, 1.54) is 12.1 Å². The van der Waals surface area contributed by atoms with Crippen LogP contribution in [0.1, 0.15) is 24.8 Å². The molecule has 0 aliphatic rings. The third-order valence-corrected chi connectivity index (χ3v) is 4.69. The molecule has 0 saturated carbocycles. The SMILES string of the molecule is O=S(=O)(NCCCCC(F)(F)F)c1ccc(CBr)cc1. The van der Waals surface area contributed by atoms with E-state index in [9.17, 15) is 21.6 Å². The summed E-state index contributed by atoms with van der Waals surface area (Å²) >= 11 is 3.25. The smallest absolute Gasteiger partial charge is 0.211 e. The van der Waals surface area contributed by atoms with Gasteiger partial charge in [0, 0.05) is 18.3 Å². The molecular formula is C12H15BrF3NO2S. The van der Waals surface area contributed by atoms with Crippen molar-refractivity contribution in [3.8, 4) is 0 Å². The molecule has 1 N–H and O–H groups in total. The average Bonchev–Trinajstić information content (AvgIpc) is 2.37. The van der Waals surface area contributed by atoms with E-state index in [-0.39, 0.29) is 24.3 Å². The Hall–Kier alpha value is -0.600. The van der Waals surface area contributed by atoms with Gasteiger partial charge in [-0.15, -0.1) is 0 Å². The summed E-state index contributed by atoms with van der Waals surface area (Å²) in [6.45, 7) is -0.00138. The Morgan fingerprint density at radius 3 is 2.20 bits per heavy atom. The highest BCUT2D eigenvalue weighted by molar-refractivity contribution is 9.08. The van der Waals surface area contributed by atoms with Crippen LogP contribution in [0.5, 0.6) is 0 Å². The van der Waals surface area contributed by atoms with Gasteiger partial charge < -0.3 is 0 Å². The van der Waals surface area contributed by atoms with Crippen LogP contribution in [-0.4, -0.2) is 21.1 Å². The largest absolute Gasteiger partial charge is 0.389 e. The van der Waals surface area contributed by atoms with Crippen molar-refractivity contribution >= 4 is 26.0 Å². The van der Waals surface area contributed by atoms with Crippen LogP contribution in [0.25, 0.3) is 0 Å². The van der Waals surface area contributed by atoms with Gasteiger partial charge in [-0.05, 0) is 30.5 Å². The topological polar surface area (TPSA) is 46.2 Å². The number of sulfonamides is 1. The third kappa shape index (κ3) is 6.23. The summed E-state index contributed by atoms with van der Waals surface area (Å²) in [5.74, 6) is 0. The molecule has 1 aromatic rings. The van der Waals surface area contributed by atoms with Crippen molar-refractivity contribution in [3.63, 3.8) is 0 Å². The Balaban J connectivity index is 2.45. The molecule has 114 valence electrons. The molecule has 0 fully saturated rings. The predicted molar refractivity (Wildman–Crippen MR) is 74.2 cm³/mol. The molecular weight excluding hydrogens is 359 g/mol. The van der Waals surface area contributed by atoms with Gasteiger partial charge in [0.2, 0.25) is 10.0 Å². The number of unbranched alkanes of at least 4 members (excludes halogenated alkanes) is 1. The van der Waals surface area contributed by atoms with E-state index < -0.39 is 22.6 Å². The third-order valence-electron chi connectivity index (χ3n) is 2.57. The summed E-state index contributed by atoms with van der Waals surface area (Å²) in [4.78, 5) is 0.109. The first-order valence-corrected chi connectivity index (χ1v) is 8.56. The lowest BCUT2D eigenvalue weighted by Gasteiger charge is -2.08. The van der Waals surface area contributed by atoms with E-state index in [1.807, 2.05) is 0 Å². The number of hydrogen-bond acceptors (Lipinski definition) is 2. The number of benzene rings is 1. The molecule has 1 aromatic carbocycles. The Morgan fingerprint density at radius 1 is 1.10 bits per heavy atom. The molecule has 0 radical (unpaired) electrons. The molecule has 0 saturated heterocycles. The van der Waals surface area contributed by atoms with E-state index in [1.54, 1.807) is 12.1 Å². The highest BCUT2D eigenvalue weighted by atomic mass is 79.9. The van der Waals surface area contributed by atoms with E-state index in [2.05, 4.69) is 20.7 Å². The monoisotopic (exact) mass is 373 g/mol. The molecule has 0 bridgehead atoms. The molecule has 8 heteroatoms. The zero-order valence-electron chi connectivity index (χ0n) is 10.6. The number of nitrogens with one attached hydrogen (secondary N) is 1. The highest BCUT2D eigenvalue weighted by Gasteiger charge is 2.25. The zero-order valence-corrected chi connectivity index (χ0v) is 13.0. The lowest BCUT2D eigenvalue weighted by atomic mass is 10.2. The predicted octanol–water partition coefficient (Wildman–Crippen LogP) is 3.59. The highest BCUT2D eigenvalue weighted by Crippen LogP contribution is 2.22. The molecule has 0 atom stereocenters. The first-order valence-electron chi connectivity index (χ1n) is 5.96. The second-order valence-corrected chi connectivity index (χ2v) is 6.58. The number of halogens is 4. The fourth-order valence-corrected chi connectivity index (χ4v) is 2.95. The van der Waals surface area contributed by atoms with E-state index in [0.717, 1.165) is 5.56 Å². The van der Waals surface area contributed by atoms with Crippen LogP contribution in [0, 0.1) is 0 Å². The summed E-state index contributed by atoms with van der Waals surface area (Å²) in [7, 11) is -3.65. The van der Waals surface area contributed by atoms with Crippen molar-refractivity contribution in [3.05, 3.63) is 29.8 Å². The molecule has 1 rings (SSSR count). The van der Waals surface area contributed by atoms with E-state index >= 15 is 0 Å². The molecule has 0 aliphatic heterocycles. The van der Waals surface area contributed by atoms with Crippen molar-refractivity contribution in [1.29, 1.82) is 0 Å². The van der Waals surface area contributed by atoms with Crippen LogP contribution in [-0.2, 0) is 15.4 Å². The van der Waals surface area contributed by atoms with Crippen LogP contribution < -0.4 is 4.72 Å². The number of hydrogen-bond donors (Lipinski definition) is 1. The lowest BCUT2D eigenvalue weighted by molar-refractivity contribution is -0.135. The van der Waals surface area contributed by atoms with Crippen molar-refractivity contribution in [2.24, 2.45) is 0 Å². The maximum Gasteiger partial charge on any atom is 0.389 e. The van der Waals surface area contributed by atoms with Gasteiger partial charge in [0.1, 0.15) is 0 Å². The first-order chi connectivity index (χ1) is 9.24. The number of alkyl halides is 4. The van der Waals surface area contributed by atoms with Gasteiger partial charge in [-0.1, -0.05) is 28.1 Å². The minimum atomic E-state index is -4.19. The van der Waals surface area contributed by atoms with Gasteiger partial charge in [0.25, 0.3) is 0 Å². The maximum absolute atomic E-state index is 11.9. The maximum atomic E-state index is 11.9. The normalized spacial score (nSPS) is 12.6. The Morgan fingerprint density at radius 2 is 1.70 bits per heavy atom. The van der Waals surface area contributed by atoms with Gasteiger partial charge in [-0.25, -0.2) is 13.1 Å². The van der Waals surface area contributed by atoms with Crippen molar-refractivity contribution < 1.29 is 21.6 Å². The summed E-state index contributed by atoms with van der Waals surface area (Å²) in [6, 6.07) is 6.28. The summed E-state index contributed by atoms with van der Waals surface area (Å²) < 4.78 is 61.7. The van der Waals surface area contributed by atoms with Crippen LogP contribution >= 0.6 is 15.9 Å². The molecule has 0 aromatic heterocycles. The van der Waals surface area contributed by atoms with Gasteiger partial charge >= 0.3 is 6.18 Å². The van der Waals surface area contributed by atoms with Crippen LogP contribution in [0.15, 0.2) is 29.2 Å². The lowest BCUT2D eigenvalue weighted by Crippen LogP contribution is -2.25. The minimum Gasteiger partial charge on any atom is -0.211 e. The first kappa shape index (κ1) is 17.5. The van der Waals surface area contributed by atoms with Crippen LogP contribution in [0.4, 0.5) is 13.2 Å². The van der Waals surface area contributed by atoms with Crippen LogP contribution in [0.3, 0.4) is 0 Å². The number of rotatable bonds is 7. The van der Waals surface area contributed by atoms with Gasteiger partial charge in [0.05, 0.1) is 4.90 Å². The molecule has 20 heavy (non-hydrogen) atoms. The average molecular weight is 374 g/mol. The van der Waals surface area contributed by atoms with Crippen molar-refractivity contribution in [1.82, 2.24) is 4.72 Å². The summed E-state index contributed by atoms with van der Waals surface area (Å²) in [5, 5.41) is 0.623. The Bertz CT molecular complexity index is 514. The molecule has 0 aliphatic carbocycles. The summed E-state index contributed by atoms with van der Waals surface area (Å²) in [6.07, 6.45) is -5.02. The summed E-state index contributed by atoms with van der Waals surface area (Å²) in [5.41, 5.74) is 0.939. The zero-order chi connectivity index (χ0) is 15.2. The fourth-order valence-electron chi connectivity index (χ4n) is 1.50. The van der Waals surface area contributed by atoms with Crippen LogP contribution in [0.2, 0.25) is 0 Å². The van der Waals surface area contributed by atoms with Crippen molar-refractivity contribution in [2.45, 2.75) is 35.7 Å². The van der Waals surface area contributed by atoms with Gasteiger partial charge in [-0.2, -0.15) is 13.2 Å². The standard InChI is InChI=1S/C12H15BrF3NO2S/c13-9-10-3-5-11(6-4-10)20(18,19)17-8-2-1-7-12(14,15)16/h3-6,17H,1-2,7-9H2. The van der Waals surface area contributed by atoms with Gasteiger partial charge in [-0.3, -0.25) is 0 Å². The minimum absolute atomic E-state index is 0.00138. The van der Waals surface area contributed by atoms with Gasteiger partial charge in [0.15, 0.2) is 0 Å². The molecule has 0 amide bonds. The molecule has 0 heterocycles. The van der Waals surface area contributed by atoms with Crippen molar-refractivity contribution in [2.75, 3.05) is 6.54 Å². The Kier molecular flexibility index (Phi) is 6.47. The second kappa shape index (κ2) is 7.42. The molecule has 0 unspecified atom stereocenters. The van der Waals surface area contributed by atoms with E-state index in [0.29, 0.717) is 5.33 Å². The molecule has 3 nitrogen and oxygen atoms in total. The Labute approximate surface area is 124 Å². The second-order valence-electron chi connectivity index (χ2n) is 4.25.